The van der Waals surface area contributed by atoms with Gasteiger partial charge in [-0.05, 0) is 39.2 Å². The van der Waals surface area contributed by atoms with Crippen molar-refractivity contribution in [2.75, 3.05) is 7.05 Å². The van der Waals surface area contributed by atoms with Crippen molar-refractivity contribution >= 4 is 0 Å². The maximum atomic E-state index is 10.1. The van der Waals surface area contributed by atoms with Crippen LogP contribution in [0.25, 0.3) is 0 Å². The molecule has 0 amide bonds. The third-order valence-electron chi connectivity index (χ3n) is 4.48. The summed E-state index contributed by atoms with van der Waals surface area (Å²) < 4.78 is 0. The second-order valence-electron chi connectivity index (χ2n) is 5.67. The van der Waals surface area contributed by atoms with Crippen LogP contribution in [0.4, 0.5) is 0 Å². The first-order valence-corrected chi connectivity index (χ1v) is 6.84. The van der Waals surface area contributed by atoms with Gasteiger partial charge in [0.15, 0.2) is 0 Å². The summed E-state index contributed by atoms with van der Waals surface area (Å²) in [5.74, 6) is 0. The van der Waals surface area contributed by atoms with Crippen LogP contribution in [-0.4, -0.2) is 41.3 Å². The molecule has 0 bridgehead atoms. The van der Waals surface area contributed by atoms with Crippen molar-refractivity contribution in [1.29, 1.82) is 0 Å². The Kier molecular flexibility index (Phi) is 4.22. The Hall–Kier alpha value is -0.120. The Labute approximate surface area is 99.0 Å². The average Bonchev–Trinajstić information content (AvgIpc) is 2.29. The van der Waals surface area contributed by atoms with E-state index in [0.29, 0.717) is 18.1 Å². The monoisotopic (exact) mass is 226 g/mol. The van der Waals surface area contributed by atoms with Gasteiger partial charge in [-0.2, -0.15) is 0 Å². The SMILES string of the molecule is CN(C1CCCC(N)C1)C1CCCCC1O. The number of rotatable bonds is 2. The van der Waals surface area contributed by atoms with Crippen LogP contribution in [-0.2, 0) is 0 Å². The van der Waals surface area contributed by atoms with Crippen LogP contribution in [0.2, 0.25) is 0 Å². The van der Waals surface area contributed by atoms with Gasteiger partial charge in [-0.3, -0.25) is 4.90 Å². The summed E-state index contributed by atoms with van der Waals surface area (Å²) >= 11 is 0. The van der Waals surface area contributed by atoms with E-state index in [1.807, 2.05) is 0 Å². The summed E-state index contributed by atoms with van der Waals surface area (Å²) in [6.45, 7) is 0. The Balaban J connectivity index is 1.91. The van der Waals surface area contributed by atoms with E-state index < -0.39 is 0 Å². The number of aliphatic hydroxyl groups is 1. The van der Waals surface area contributed by atoms with Gasteiger partial charge in [0.05, 0.1) is 6.10 Å². The smallest absolute Gasteiger partial charge is 0.0695 e. The molecule has 3 nitrogen and oxygen atoms in total. The fraction of sp³-hybridized carbons (Fsp3) is 1.00. The quantitative estimate of drug-likeness (QED) is 0.750. The minimum atomic E-state index is -0.114. The van der Waals surface area contributed by atoms with Crippen molar-refractivity contribution in [3.05, 3.63) is 0 Å². The highest BCUT2D eigenvalue weighted by Crippen LogP contribution is 2.28. The maximum absolute atomic E-state index is 10.1. The summed E-state index contributed by atoms with van der Waals surface area (Å²) in [5, 5.41) is 10.1. The molecule has 2 rings (SSSR count). The number of nitrogens with two attached hydrogens (primary N) is 1. The molecule has 2 aliphatic carbocycles. The Bertz CT molecular complexity index is 222. The van der Waals surface area contributed by atoms with Gasteiger partial charge < -0.3 is 10.8 Å². The van der Waals surface area contributed by atoms with Gasteiger partial charge in [0.25, 0.3) is 0 Å². The van der Waals surface area contributed by atoms with E-state index in [1.165, 1.54) is 32.1 Å². The number of nitrogens with zero attached hydrogens (tertiary/aromatic N) is 1. The highest BCUT2D eigenvalue weighted by Gasteiger charge is 2.32. The summed E-state index contributed by atoms with van der Waals surface area (Å²) in [7, 11) is 2.18. The van der Waals surface area contributed by atoms with Gasteiger partial charge in [0, 0.05) is 18.1 Å². The molecule has 3 heteroatoms. The fourth-order valence-corrected chi connectivity index (χ4v) is 3.41. The van der Waals surface area contributed by atoms with Gasteiger partial charge in [0.1, 0.15) is 0 Å². The predicted octanol–water partition coefficient (Wildman–Crippen LogP) is 1.49. The molecule has 4 atom stereocenters. The van der Waals surface area contributed by atoms with E-state index in [1.54, 1.807) is 0 Å². The fourth-order valence-electron chi connectivity index (χ4n) is 3.41. The van der Waals surface area contributed by atoms with E-state index >= 15 is 0 Å². The van der Waals surface area contributed by atoms with Crippen LogP contribution >= 0.6 is 0 Å². The number of hydrogen-bond acceptors (Lipinski definition) is 3. The third-order valence-corrected chi connectivity index (χ3v) is 4.48. The highest BCUT2D eigenvalue weighted by molar-refractivity contribution is 4.88. The normalized spacial score (nSPS) is 41.2. The lowest BCUT2D eigenvalue weighted by Gasteiger charge is -2.42. The van der Waals surface area contributed by atoms with Crippen molar-refractivity contribution in [3.63, 3.8) is 0 Å². The first-order valence-electron chi connectivity index (χ1n) is 6.84. The summed E-state index contributed by atoms with van der Waals surface area (Å²) in [6.07, 6.45) is 9.28. The largest absolute Gasteiger partial charge is 0.391 e. The lowest BCUT2D eigenvalue weighted by atomic mass is 9.86. The van der Waals surface area contributed by atoms with Gasteiger partial charge >= 0.3 is 0 Å². The van der Waals surface area contributed by atoms with Crippen LogP contribution in [0, 0.1) is 0 Å². The Morgan fingerprint density at radius 3 is 2.50 bits per heavy atom. The van der Waals surface area contributed by atoms with Crippen LogP contribution in [0.15, 0.2) is 0 Å². The Morgan fingerprint density at radius 1 is 1.06 bits per heavy atom. The number of hydrogen-bond donors (Lipinski definition) is 2. The van der Waals surface area contributed by atoms with Crippen molar-refractivity contribution in [2.45, 2.75) is 75.6 Å². The molecule has 94 valence electrons. The van der Waals surface area contributed by atoms with Crippen molar-refractivity contribution < 1.29 is 5.11 Å². The van der Waals surface area contributed by atoms with Crippen molar-refractivity contribution in [3.8, 4) is 0 Å². The molecule has 0 aromatic heterocycles. The molecule has 4 unspecified atom stereocenters. The molecule has 0 aromatic carbocycles. The lowest BCUT2D eigenvalue weighted by Crippen LogP contribution is -2.50. The van der Waals surface area contributed by atoms with E-state index in [2.05, 4.69) is 11.9 Å². The molecule has 16 heavy (non-hydrogen) atoms. The summed E-state index contributed by atoms with van der Waals surface area (Å²) in [6, 6.07) is 1.35. The lowest BCUT2D eigenvalue weighted by molar-refractivity contribution is 0.00345. The molecule has 0 saturated heterocycles. The zero-order valence-electron chi connectivity index (χ0n) is 10.4. The molecule has 2 fully saturated rings. The van der Waals surface area contributed by atoms with E-state index in [4.69, 9.17) is 5.73 Å². The average molecular weight is 226 g/mol. The standard InChI is InChI=1S/C13H26N2O/c1-15(11-6-4-5-10(14)9-11)12-7-2-3-8-13(12)16/h10-13,16H,2-9,14H2,1H3. The van der Waals surface area contributed by atoms with Crippen LogP contribution < -0.4 is 5.73 Å². The Morgan fingerprint density at radius 2 is 1.81 bits per heavy atom. The highest BCUT2D eigenvalue weighted by atomic mass is 16.3. The van der Waals surface area contributed by atoms with Gasteiger partial charge in [0.2, 0.25) is 0 Å². The topological polar surface area (TPSA) is 49.5 Å². The predicted molar refractivity (Wildman–Crippen MR) is 66.3 cm³/mol. The van der Waals surface area contributed by atoms with Crippen molar-refractivity contribution in [1.82, 2.24) is 4.90 Å². The van der Waals surface area contributed by atoms with E-state index in [0.717, 1.165) is 19.3 Å². The zero-order valence-corrected chi connectivity index (χ0v) is 10.4. The summed E-state index contributed by atoms with van der Waals surface area (Å²) in [5.41, 5.74) is 6.04. The molecule has 0 heterocycles. The molecule has 3 N–H and O–H groups in total. The molecular weight excluding hydrogens is 200 g/mol. The van der Waals surface area contributed by atoms with Gasteiger partial charge in [-0.1, -0.05) is 19.3 Å². The molecule has 0 spiro atoms. The first kappa shape index (κ1) is 12.3. The maximum Gasteiger partial charge on any atom is 0.0695 e. The first-order chi connectivity index (χ1) is 7.68. The summed E-state index contributed by atoms with van der Waals surface area (Å²) in [4.78, 5) is 2.42. The van der Waals surface area contributed by atoms with Crippen LogP contribution in [0.5, 0.6) is 0 Å². The molecule has 2 aliphatic rings. The van der Waals surface area contributed by atoms with Crippen molar-refractivity contribution in [2.24, 2.45) is 5.73 Å². The number of likely N-dealkylation sites (N-methyl/N-ethyl adjacent to an activating group) is 1. The van der Waals surface area contributed by atoms with E-state index in [-0.39, 0.29) is 6.10 Å². The minimum absolute atomic E-state index is 0.114. The second-order valence-corrected chi connectivity index (χ2v) is 5.67. The van der Waals surface area contributed by atoms with Crippen LogP contribution in [0.1, 0.15) is 51.4 Å². The zero-order chi connectivity index (χ0) is 11.5. The molecule has 0 aromatic rings. The molecule has 0 aliphatic heterocycles. The van der Waals surface area contributed by atoms with Crippen LogP contribution in [0.3, 0.4) is 0 Å². The van der Waals surface area contributed by atoms with Gasteiger partial charge in [-0.25, -0.2) is 0 Å². The molecule has 0 radical (unpaired) electrons. The number of aliphatic hydroxyl groups excluding tert-OH is 1. The minimum Gasteiger partial charge on any atom is -0.391 e. The van der Waals surface area contributed by atoms with E-state index in [9.17, 15) is 5.11 Å². The molecule has 2 saturated carbocycles. The molecular formula is C13H26N2O. The second kappa shape index (κ2) is 5.48. The van der Waals surface area contributed by atoms with Gasteiger partial charge in [-0.15, -0.1) is 0 Å². The third kappa shape index (κ3) is 2.76.